The number of ether oxygens (including phenoxy) is 3. The van der Waals surface area contributed by atoms with Gasteiger partial charge in [0.15, 0.2) is 11.5 Å². The fraction of sp³-hybridized carbons (Fsp3) is 0.250. The molecule has 3 rings (SSSR count). The molecule has 1 atom stereocenters. The van der Waals surface area contributed by atoms with E-state index in [1.807, 2.05) is 0 Å². The van der Waals surface area contributed by atoms with Gasteiger partial charge in [0.05, 0.1) is 27.1 Å². The molecule has 8 nitrogen and oxygen atoms in total. The Labute approximate surface area is 161 Å². The van der Waals surface area contributed by atoms with Gasteiger partial charge >= 0.3 is 11.9 Å². The largest absolute Gasteiger partial charge is 0.493 e. The van der Waals surface area contributed by atoms with Crippen molar-refractivity contribution >= 4 is 23.5 Å². The van der Waals surface area contributed by atoms with Gasteiger partial charge in [-0.25, -0.2) is 4.79 Å². The predicted molar refractivity (Wildman–Crippen MR) is 98.7 cm³/mol. The highest BCUT2D eigenvalue weighted by Crippen LogP contribution is 2.43. The molecule has 2 N–H and O–H groups in total. The zero-order chi connectivity index (χ0) is 20.3. The molecule has 0 bridgehead atoms. The fourth-order valence-corrected chi connectivity index (χ4v) is 3.09. The number of hydrogen-bond donors (Lipinski definition) is 2. The van der Waals surface area contributed by atoms with E-state index in [-0.39, 0.29) is 30.1 Å². The Morgan fingerprint density at radius 3 is 2.43 bits per heavy atom. The van der Waals surface area contributed by atoms with Crippen LogP contribution in [0.4, 0.5) is 5.69 Å². The molecule has 0 unspecified atom stereocenters. The highest BCUT2D eigenvalue weighted by molar-refractivity contribution is 5.99. The van der Waals surface area contributed by atoms with Crippen LogP contribution in [0.2, 0.25) is 0 Å². The first-order valence-corrected chi connectivity index (χ1v) is 8.49. The molecule has 28 heavy (non-hydrogen) atoms. The molecular weight excluding hydrogens is 366 g/mol. The lowest BCUT2D eigenvalue weighted by molar-refractivity contribution is -0.136. The number of nitrogens with one attached hydrogen (secondary N) is 1. The Morgan fingerprint density at radius 2 is 1.82 bits per heavy atom. The van der Waals surface area contributed by atoms with Gasteiger partial charge in [0.1, 0.15) is 11.7 Å². The van der Waals surface area contributed by atoms with Crippen molar-refractivity contribution in [1.29, 1.82) is 0 Å². The van der Waals surface area contributed by atoms with Gasteiger partial charge in [-0.3, -0.25) is 9.59 Å². The number of carboxylic acids is 1. The standard InChI is InChI=1S/C20H19NO7/c1-26-14-8-7-13-15(28-20(25)18(13)19(14)27-2)10-16(22)21-12-5-3-11(4-6-12)9-17(23)24/h3-8,15H,9-10H2,1-2H3,(H,21,22)(H,23,24)/t15-/m1/s1. The summed E-state index contributed by atoms with van der Waals surface area (Å²) < 4.78 is 15.8. The zero-order valence-electron chi connectivity index (χ0n) is 15.4. The third-order valence-corrected chi connectivity index (χ3v) is 4.34. The first kappa shape index (κ1) is 19.2. The molecule has 0 radical (unpaired) electrons. The number of amides is 1. The van der Waals surface area contributed by atoms with Crippen LogP contribution in [-0.4, -0.2) is 37.2 Å². The number of rotatable bonds is 7. The normalized spacial score (nSPS) is 14.8. The number of anilines is 1. The topological polar surface area (TPSA) is 111 Å². The lowest BCUT2D eigenvalue weighted by Crippen LogP contribution is -2.15. The number of esters is 1. The molecule has 0 aromatic heterocycles. The maximum atomic E-state index is 12.4. The van der Waals surface area contributed by atoms with Crippen LogP contribution in [0.25, 0.3) is 0 Å². The molecule has 0 fully saturated rings. The SMILES string of the molecule is COc1ccc2c(c1OC)C(=O)O[C@@H]2CC(=O)Nc1ccc(CC(=O)O)cc1. The summed E-state index contributed by atoms with van der Waals surface area (Å²) in [5, 5.41) is 11.5. The minimum absolute atomic E-state index is 0.0644. The summed E-state index contributed by atoms with van der Waals surface area (Å²) in [6.45, 7) is 0. The van der Waals surface area contributed by atoms with E-state index < -0.39 is 18.0 Å². The predicted octanol–water partition coefficient (Wildman–Crippen LogP) is 2.57. The molecule has 1 heterocycles. The minimum Gasteiger partial charge on any atom is -0.493 e. The summed E-state index contributed by atoms with van der Waals surface area (Å²) in [6, 6.07) is 9.85. The number of carboxylic acid groups (broad SMARTS) is 1. The van der Waals surface area contributed by atoms with Gasteiger partial charge in [0.25, 0.3) is 0 Å². The van der Waals surface area contributed by atoms with Crippen LogP contribution < -0.4 is 14.8 Å². The van der Waals surface area contributed by atoms with E-state index in [0.717, 1.165) is 0 Å². The van der Waals surface area contributed by atoms with Gasteiger partial charge in [-0.15, -0.1) is 0 Å². The quantitative estimate of drug-likeness (QED) is 0.705. The number of methoxy groups -OCH3 is 2. The minimum atomic E-state index is -0.925. The third kappa shape index (κ3) is 3.90. The van der Waals surface area contributed by atoms with Crippen molar-refractivity contribution in [3.05, 3.63) is 53.1 Å². The summed E-state index contributed by atoms with van der Waals surface area (Å²) >= 11 is 0. The highest BCUT2D eigenvalue weighted by atomic mass is 16.6. The average Bonchev–Trinajstić information content (AvgIpc) is 2.97. The third-order valence-electron chi connectivity index (χ3n) is 4.34. The summed E-state index contributed by atoms with van der Waals surface area (Å²) in [5.41, 5.74) is 1.98. The second-order valence-electron chi connectivity index (χ2n) is 6.18. The molecule has 146 valence electrons. The van der Waals surface area contributed by atoms with Crippen molar-refractivity contribution in [3.8, 4) is 11.5 Å². The van der Waals surface area contributed by atoms with E-state index in [2.05, 4.69) is 5.32 Å². The van der Waals surface area contributed by atoms with Crippen LogP contribution in [0.5, 0.6) is 11.5 Å². The van der Waals surface area contributed by atoms with Crippen LogP contribution in [0.3, 0.4) is 0 Å². The number of carbonyl (C=O) groups excluding carboxylic acids is 2. The van der Waals surface area contributed by atoms with Crippen molar-refractivity contribution in [3.63, 3.8) is 0 Å². The Hall–Kier alpha value is -3.55. The zero-order valence-corrected chi connectivity index (χ0v) is 15.4. The summed E-state index contributed by atoms with van der Waals surface area (Å²) in [7, 11) is 2.90. The van der Waals surface area contributed by atoms with E-state index >= 15 is 0 Å². The van der Waals surface area contributed by atoms with Gasteiger partial charge in [-0.1, -0.05) is 18.2 Å². The molecular formula is C20H19NO7. The van der Waals surface area contributed by atoms with E-state index in [1.165, 1.54) is 14.2 Å². The van der Waals surface area contributed by atoms with E-state index in [4.69, 9.17) is 19.3 Å². The number of carbonyl (C=O) groups is 3. The van der Waals surface area contributed by atoms with Crippen LogP contribution in [0.1, 0.15) is 34.0 Å². The molecule has 8 heteroatoms. The second kappa shape index (κ2) is 7.99. The van der Waals surface area contributed by atoms with Crippen LogP contribution in [0, 0.1) is 0 Å². The molecule has 0 aliphatic carbocycles. The Bertz CT molecular complexity index is 921. The molecule has 1 aliphatic rings. The van der Waals surface area contributed by atoms with Gasteiger partial charge in [0, 0.05) is 11.3 Å². The van der Waals surface area contributed by atoms with Gasteiger partial charge in [-0.05, 0) is 23.8 Å². The monoisotopic (exact) mass is 385 g/mol. The van der Waals surface area contributed by atoms with Crippen molar-refractivity contribution in [1.82, 2.24) is 0 Å². The molecule has 1 amide bonds. The maximum absolute atomic E-state index is 12.4. The first-order valence-electron chi connectivity index (χ1n) is 8.49. The number of cyclic esters (lactones) is 1. The number of hydrogen-bond acceptors (Lipinski definition) is 6. The van der Waals surface area contributed by atoms with Crippen molar-refractivity contribution < 1.29 is 33.7 Å². The molecule has 0 saturated carbocycles. The van der Waals surface area contributed by atoms with Crippen molar-refractivity contribution in [2.75, 3.05) is 19.5 Å². The van der Waals surface area contributed by atoms with Crippen LogP contribution in [0.15, 0.2) is 36.4 Å². The molecule has 2 aromatic carbocycles. The van der Waals surface area contributed by atoms with E-state index in [9.17, 15) is 14.4 Å². The first-order chi connectivity index (χ1) is 13.4. The maximum Gasteiger partial charge on any atom is 0.343 e. The fourth-order valence-electron chi connectivity index (χ4n) is 3.09. The van der Waals surface area contributed by atoms with E-state index in [1.54, 1.807) is 36.4 Å². The second-order valence-corrected chi connectivity index (χ2v) is 6.18. The summed E-state index contributed by atoms with van der Waals surface area (Å²) in [4.78, 5) is 35.3. The van der Waals surface area contributed by atoms with Crippen LogP contribution >= 0.6 is 0 Å². The molecule has 1 aliphatic heterocycles. The Balaban J connectivity index is 1.71. The Kier molecular flexibility index (Phi) is 5.49. The highest BCUT2D eigenvalue weighted by Gasteiger charge is 2.36. The molecule has 0 spiro atoms. The van der Waals surface area contributed by atoms with Crippen molar-refractivity contribution in [2.45, 2.75) is 18.9 Å². The lowest BCUT2D eigenvalue weighted by atomic mass is 10.0. The summed E-state index contributed by atoms with van der Waals surface area (Å²) in [5.74, 6) is -1.15. The number of fused-ring (bicyclic) bond motifs is 1. The lowest BCUT2D eigenvalue weighted by Gasteiger charge is -2.12. The van der Waals surface area contributed by atoms with Crippen molar-refractivity contribution in [2.24, 2.45) is 0 Å². The van der Waals surface area contributed by atoms with Gasteiger partial charge < -0.3 is 24.6 Å². The molecule has 0 saturated heterocycles. The molecule has 2 aromatic rings. The van der Waals surface area contributed by atoms with Crippen LogP contribution in [-0.2, 0) is 20.7 Å². The smallest absolute Gasteiger partial charge is 0.343 e. The average molecular weight is 385 g/mol. The number of benzene rings is 2. The van der Waals surface area contributed by atoms with Gasteiger partial charge in [-0.2, -0.15) is 0 Å². The Morgan fingerprint density at radius 1 is 1.11 bits per heavy atom. The van der Waals surface area contributed by atoms with Gasteiger partial charge in [0.2, 0.25) is 5.91 Å². The number of aliphatic carboxylic acids is 1. The summed E-state index contributed by atoms with van der Waals surface area (Å²) in [6.07, 6.45) is -0.881. The van der Waals surface area contributed by atoms with E-state index in [0.29, 0.717) is 22.6 Å².